The summed E-state index contributed by atoms with van der Waals surface area (Å²) in [5.41, 5.74) is 2.00. The lowest BCUT2D eigenvalue weighted by Crippen LogP contribution is -2.59. The molecule has 1 aromatic rings. The lowest BCUT2D eigenvalue weighted by atomic mass is 9.59. The summed E-state index contributed by atoms with van der Waals surface area (Å²) in [6, 6.07) is 8.05. The molecule has 5 atom stereocenters. The van der Waals surface area contributed by atoms with Crippen LogP contribution in [0.25, 0.3) is 0 Å². The molecule has 29 heavy (non-hydrogen) atoms. The van der Waals surface area contributed by atoms with Crippen LogP contribution in [0.3, 0.4) is 0 Å². The maximum absolute atomic E-state index is 12.4. The molecule has 4 rings (SSSR count). The molecule has 3 N–H and O–H groups in total. The molecule has 158 valence electrons. The van der Waals surface area contributed by atoms with Crippen LogP contribution in [-0.2, 0) is 14.3 Å². The summed E-state index contributed by atoms with van der Waals surface area (Å²) in [7, 11) is 0. The quantitative estimate of drug-likeness (QED) is 0.709. The molecule has 2 saturated carbocycles. The Bertz CT molecular complexity index is 791. The van der Waals surface area contributed by atoms with Crippen molar-refractivity contribution in [2.75, 3.05) is 18.5 Å². The van der Waals surface area contributed by atoms with Crippen LogP contribution in [0.1, 0.15) is 58.1 Å². The van der Waals surface area contributed by atoms with Gasteiger partial charge in [-0.2, -0.15) is 0 Å². The predicted octanol–water partition coefficient (Wildman–Crippen LogP) is 3.03. The Morgan fingerprint density at radius 2 is 1.97 bits per heavy atom. The van der Waals surface area contributed by atoms with Crippen LogP contribution >= 0.6 is 0 Å². The molecule has 2 bridgehead atoms. The molecule has 2 amide bonds. The van der Waals surface area contributed by atoms with E-state index in [-0.39, 0.29) is 47.8 Å². The number of anilines is 1. The van der Waals surface area contributed by atoms with Crippen LogP contribution in [-0.4, -0.2) is 36.2 Å². The SMILES string of the molecule is CC(=O)Nc1ccc([C@H]2OCCC34C[C@@H](C[C@H]23)C(C)(C)[C@H]4NC(=O)CCO)cc1. The molecule has 6 nitrogen and oxygen atoms in total. The first-order valence-corrected chi connectivity index (χ1v) is 10.7. The van der Waals surface area contributed by atoms with Crippen molar-refractivity contribution in [3.05, 3.63) is 29.8 Å². The second-order valence-corrected chi connectivity index (χ2v) is 9.62. The zero-order chi connectivity index (χ0) is 20.8. The Kier molecular flexibility index (Phi) is 5.20. The van der Waals surface area contributed by atoms with E-state index in [4.69, 9.17) is 9.84 Å². The highest BCUT2D eigenvalue weighted by atomic mass is 16.5. The predicted molar refractivity (Wildman–Crippen MR) is 110 cm³/mol. The minimum absolute atomic E-state index is 0.00784. The number of benzene rings is 1. The number of ether oxygens (including phenoxy) is 1. The minimum Gasteiger partial charge on any atom is -0.396 e. The van der Waals surface area contributed by atoms with Crippen molar-refractivity contribution in [2.24, 2.45) is 22.7 Å². The zero-order valence-corrected chi connectivity index (χ0v) is 17.5. The number of aliphatic hydroxyl groups is 1. The van der Waals surface area contributed by atoms with Gasteiger partial charge in [-0.1, -0.05) is 26.0 Å². The molecule has 2 aliphatic carbocycles. The Labute approximate surface area is 172 Å². The van der Waals surface area contributed by atoms with Crippen LogP contribution in [0.4, 0.5) is 5.69 Å². The Morgan fingerprint density at radius 3 is 2.62 bits per heavy atom. The highest BCUT2D eigenvalue weighted by Gasteiger charge is 2.68. The van der Waals surface area contributed by atoms with Crippen LogP contribution in [0, 0.1) is 22.7 Å². The Morgan fingerprint density at radius 1 is 1.24 bits per heavy atom. The first-order chi connectivity index (χ1) is 13.8. The third-order valence-corrected chi connectivity index (χ3v) is 7.71. The van der Waals surface area contributed by atoms with Gasteiger partial charge < -0.3 is 20.5 Å². The topological polar surface area (TPSA) is 87.7 Å². The molecule has 1 heterocycles. The van der Waals surface area contributed by atoms with Crippen molar-refractivity contribution < 1.29 is 19.4 Å². The number of carbonyl (C=O) groups excluding carboxylic acids is 2. The van der Waals surface area contributed by atoms with Gasteiger partial charge in [0, 0.05) is 31.7 Å². The van der Waals surface area contributed by atoms with Gasteiger partial charge in [-0.15, -0.1) is 0 Å². The van der Waals surface area contributed by atoms with Crippen molar-refractivity contribution in [2.45, 2.75) is 58.6 Å². The molecule has 6 heteroatoms. The molecule has 1 aromatic carbocycles. The van der Waals surface area contributed by atoms with Crippen molar-refractivity contribution >= 4 is 17.5 Å². The molecule has 0 aromatic heterocycles. The van der Waals surface area contributed by atoms with Crippen LogP contribution in [0.2, 0.25) is 0 Å². The van der Waals surface area contributed by atoms with E-state index in [0.29, 0.717) is 18.4 Å². The van der Waals surface area contributed by atoms with E-state index in [1.165, 1.54) is 6.92 Å². The first kappa shape index (κ1) is 20.4. The highest BCUT2D eigenvalue weighted by Crippen LogP contribution is 2.70. The summed E-state index contributed by atoms with van der Waals surface area (Å²) in [5.74, 6) is 0.770. The summed E-state index contributed by atoms with van der Waals surface area (Å²) in [4.78, 5) is 23.7. The number of carbonyl (C=O) groups is 2. The van der Waals surface area contributed by atoms with E-state index < -0.39 is 0 Å². The van der Waals surface area contributed by atoms with Crippen LogP contribution in [0.5, 0.6) is 0 Å². The average molecular weight is 401 g/mol. The summed E-state index contributed by atoms with van der Waals surface area (Å²) >= 11 is 0. The van der Waals surface area contributed by atoms with E-state index in [1.807, 2.05) is 24.3 Å². The van der Waals surface area contributed by atoms with Crippen molar-refractivity contribution in [3.8, 4) is 0 Å². The fourth-order valence-electron chi connectivity index (χ4n) is 6.41. The normalized spacial score (nSPS) is 34.5. The molecule has 3 aliphatic rings. The van der Waals surface area contributed by atoms with Crippen LogP contribution in [0.15, 0.2) is 24.3 Å². The van der Waals surface area contributed by atoms with E-state index in [2.05, 4.69) is 24.5 Å². The Hall–Kier alpha value is -1.92. The third kappa shape index (κ3) is 3.36. The fraction of sp³-hybridized carbons (Fsp3) is 0.652. The maximum atomic E-state index is 12.4. The second-order valence-electron chi connectivity index (χ2n) is 9.62. The number of nitrogens with one attached hydrogen (secondary N) is 2. The first-order valence-electron chi connectivity index (χ1n) is 10.7. The van der Waals surface area contributed by atoms with Gasteiger partial charge in [0.15, 0.2) is 0 Å². The Balaban J connectivity index is 1.60. The third-order valence-electron chi connectivity index (χ3n) is 7.71. The van der Waals surface area contributed by atoms with Gasteiger partial charge in [-0.05, 0) is 59.6 Å². The number of rotatable bonds is 5. The number of amides is 2. The summed E-state index contributed by atoms with van der Waals surface area (Å²) in [6.07, 6.45) is 3.36. The molecule has 1 saturated heterocycles. The van der Waals surface area contributed by atoms with E-state index >= 15 is 0 Å². The van der Waals surface area contributed by atoms with Gasteiger partial charge in [-0.25, -0.2) is 0 Å². The average Bonchev–Trinajstić information content (AvgIpc) is 3.15. The number of aliphatic hydroxyl groups excluding tert-OH is 1. The standard InChI is InChI=1S/C23H32N2O4/c1-14(27)24-17-6-4-15(5-7-17)20-18-12-16-13-23(18,9-11-29-20)21(22(16,2)3)25-19(28)8-10-26/h4-7,16,18,20-21,26H,8-13H2,1-3H3,(H,24,27)(H,25,28)/t16-,18-,20-,21-,23?/m1/s1. The highest BCUT2D eigenvalue weighted by molar-refractivity contribution is 5.88. The molecular formula is C23H32N2O4. The van der Waals surface area contributed by atoms with Gasteiger partial charge in [0.25, 0.3) is 0 Å². The van der Waals surface area contributed by atoms with Gasteiger partial charge in [0.05, 0.1) is 12.7 Å². The second kappa shape index (κ2) is 7.40. The summed E-state index contributed by atoms with van der Waals surface area (Å²) in [6.45, 7) is 6.62. The molecular weight excluding hydrogens is 368 g/mol. The van der Waals surface area contributed by atoms with Gasteiger partial charge in [0.1, 0.15) is 0 Å². The van der Waals surface area contributed by atoms with E-state index in [1.54, 1.807) is 0 Å². The largest absolute Gasteiger partial charge is 0.396 e. The smallest absolute Gasteiger partial charge is 0.222 e. The van der Waals surface area contributed by atoms with Gasteiger partial charge in [0.2, 0.25) is 11.8 Å². The van der Waals surface area contributed by atoms with E-state index in [0.717, 1.165) is 30.5 Å². The summed E-state index contributed by atoms with van der Waals surface area (Å²) in [5, 5.41) is 15.3. The number of hydrogen-bond donors (Lipinski definition) is 3. The van der Waals surface area contributed by atoms with E-state index in [9.17, 15) is 9.59 Å². The van der Waals surface area contributed by atoms with Crippen molar-refractivity contribution in [1.82, 2.24) is 5.32 Å². The van der Waals surface area contributed by atoms with Gasteiger partial charge in [-0.3, -0.25) is 9.59 Å². The lowest BCUT2D eigenvalue weighted by molar-refractivity contribution is -0.137. The number of hydrogen-bond acceptors (Lipinski definition) is 4. The minimum atomic E-state index is -0.120. The maximum Gasteiger partial charge on any atom is 0.222 e. The van der Waals surface area contributed by atoms with Gasteiger partial charge >= 0.3 is 0 Å². The van der Waals surface area contributed by atoms with Crippen LogP contribution < -0.4 is 10.6 Å². The molecule has 3 fully saturated rings. The number of fused-ring (bicyclic) bond motifs is 1. The van der Waals surface area contributed by atoms with Crippen molar-refractivity contribution in [3.63, 3.8) is 0 Å². The summed E-state index contributed by atoms with van der Waals surface area (Å²) < 4.78 is 6.28. The molecule has 0 radical (unpaired) electrons. The van der Waals surface area contributed by atoms with Crippen molar-refractivity contribution in [1.29, 1.82) is 0 Å². The molecule has 1 unspecified atom stereocenters. The molecule has 1 spiro atoms. The lowest BCUT2D eigenvalue weighted by Gasteiger charge is -2.53. The monoisotopic (exact) mass is 400 g/mol. The fourth-order valence-corrected chi connectivity index (χ4v) is 6.41. The molecule has 1 aliphatic heterocycles. The zero-order valence-electron chi connectivity index (χ0n) is 17.5.